The number of nitrogens with zero attached hydrogens (tertiary/aromatic N) is 4. The molecule has 20 heavy (non-hydrogen) atoms. The Morgan fingerprint density at radius 1 is 1.25 bits per heavy atom. The second-order valence-electron chi connectivity index (χ2n) is 5.07. The van der Waals surface area contributed by atoms with E-state index in [9.17, 15) is 8.78 Å². The molecule has 0 aliphatic heterocycles. The quantitative estimate of drug-likeness (QED) is 0.849. The van der Waals surface area contributed by atoms with Gasteiger partial charge in [-0.3, -0.25) is 4.68 Å². The fourth-order valence-electron chi connectivity index (χ4n) is 1.92. The zero-order valence-corrected chi connectivity index (χ0v) is 11.6. The average Bonchev–Trinajstić information content (AvgIpc) is 2.99. The third-order valence-electron chi connectivity index (χ3n) is 2.82. The molecule has 2 rings (SSSR count). The molecule has 0 radical (unpaired) electrons. The highest BCUT2D eigenvalue weighted by atomic mass is 19.3. The zero-order chi connectivity index (χ0) is 14.5. The van der Waals surface area contributed by atoms with Gasteiger partial charge in [0, 0.05) is 32.0 Å². The minimum atomic E-state index is -2.59. The molecule has 0 saturated heterocycles. The van der Waals surface area contributed by atoms with Gasteiger partial charge in [0.1, 0.15) is 0 Å². The highest BCUT2D eigenvalue weighted by Gasteiger charge is 2.08. The van der Waals surface area contributed by atoms with E-state index in [0.717, 1.165) is 12.2 Å². The Morgan fingerprint density at radius 3 is 2.70 bits per heavy atom. The van der Waals surface area contributed by atoms with Gasteiger partial charge >= 0.3 is 6.55 Å². The first-order valence-corrected chi connectivity index (χ1v) is 6.60. The molecule has 0 aromatic carbocycles. The number of nitrogens with one attached hydrogen (secondary N) is 1. The van der Waals surface area contributed by atoms with Crippen LogP contribution in [0.3, 0.4) is 0 Å². The maximum atomic E-state index is 12.4. The summed E-state index contributed by atoms with van der Waals surface area (Å²) < 4.78 is 27.3. The Labute approximate surface area is 116 Å². The Bertz CT molecular complexity index is 532. The molecular formula is C13H19F2N5. The molecule has 0 amide bonds. The van der Waals surface area contributed by atoms with Crippen LogP contribution in [0.15, 0.2) is 24.5 Å². The predicted molar refractivity (Wildman–Crippen MR) is 71.1 cm³/mol. The third-order valence-corrected chi connectivity index (χ3v) is 2.82. The average molecular weight is 283 g/mol. The van der Waals surface area contributed by atoms with Crippen molar-refractivity contribution in [1.29, 1.82) is 0 Å². The van der Waals surface area contributed by atoms with E-state index in [1.165, 1.54) is 6.20 Å². The molecule has 0 saturated carbocycles. The summed E-state index contributed by atoms with van der Waals surface area (Å²) in [4.78, 5) is 0. The number of rotatable bonds is 7. The highest BCUT2D eigenvalue weighted by Crippen LogP contribution is 2.09. The van der Waals surface area contributed by atoms with E-state index in [-0.39, 0.29) is 0 Å². The highest BCUT2D eigenvalue weighted by molar-refractivity contribution is 5.02. The summed E-state index contributed by atoms with van der Waals surface area (Å²) >= 11 is 0. The molecule has 0 aliphatic carbocycles. The lowest BCUT2D eigenvalue weighted by Gasteiger charge is -2.10. The number of halogens is 2. The molecule has 5 nitrogen and oxygen atoms in total. The van der Waals surface area contributed by atoms with Gasteiger partial charge in [-0.15, -0.1) is 0 Å². The summed E-state index contributed by atoms with van der Waals surface area (Å²) in [5.74, 6) is 0.524. The summed E-state index contributed by atoms with van der Waals surface area (Å²) in [6, 6.07) is 3.54. The van der Waals surface area contributed by atoms with Crippen LogP contribution in [0.4, 0.5) is 8.78 Å². The van der Waals surface area contributed by atoms with E-state index >= 15 is 0 Å². The molecule has 2 aromatic rings. The summed E-state index contributed by atoms with van der Waals surface area (Å²) in [7, 11) is 0. The fraction of sp³-hybridized carbons (Fsp3) is 0.538. The van der Waals surface area contributed by atoms with Crippen LogP contribution in [-0.2, 0) is 19.6 Å². The zero-order valence-electron chi connectivity index (χ0n) is 11.6. The normalized spacial score (nSPS) is 11.7. The van der Waals surface area contributed by atoms with Crippen molar-refractivity contribution < 1.29 is 8.78 Å². The summed E-state index contributed by atoms with van der Waals surface area (Å²) in [6.45, 7) is 3.63. The molecule has 110 valence electrons. The standard InChI is InChI=1S/C13H19F2N5/c1-10(2)9-20-12(3-5-17-20)8-16-7-11-4-6-19(18-11)13(14)15/h3-6,10,13,16H,7-9H2,1-2H3. The van der Waals surface area contributed by atoms with E-state index in [4.69, 9.17) is 0 Å². The van der Waals surface area contributed by atoms with Crippen LogP contribution in [0.1, 0.15) is 31.8 Å². The third kappa shape index (κ3) is 3.86. The van der Waals surface area contributed by atoms with Crippen molar-refractivity contribution in [3.63, 3.8) is 0 Å². The van der Waals surface area contributed by atoms with Gasteiger partial charge in [-0.05, 0) is 18.1 Å². The lowest BCUT2D eigenvalue weighted by molar-refractivity contribution is 0.0561. The van der Waals surface area contributed by atoms with Crippen molar-refractivity contribution in [1.82, 2.24) is 24.9 Å². The Morgan fingerprint density at radius 2 is 2.05 bits per heavy atom. The Kier molecular flexibility index (Phi) is 4.84. The minimum Gasteiger partial charge on any atom is -0.305 e. The largest absolute Gasteiger partial charge is 0.333 e. The minimum absolute atomic E-state index is 0.451. The van der Waals surface area contributed by atoms with Crippen LogP contribution in [0.25, 0.3) is 0 Å². The maximum absolute atomic E-state index is 12.4. The molecule has 0 aliphatic rings. The van der Waals surface area contributed by atoms with Crippen molar-refractivity contribution in [3.05, 3.63) is 35.9 Å². The molecule has 7 heteroatoms. The Balaban J connectivity index is 1.84. The van der Waals surface area contributed by atoms with Crippen LogP contribution in [0.2, 0.25) is 0 Å². The smallest absolute Gasteiger partial charge is 0.305 e. The van der Waals surface area contributed by atoms with Gasteiger partial charge in [-0.25, -0.2) is 4.68 Å². The lowest BCUT2D eigenvalue weighted by atomic mass is 10.2. The number of hydrogen-bond acceptors (Lipinski definition) is 3. The molecule has 2 aromatic heterocycles. The second kappa shape index (κ2) is 6.60. The van der Waals surface area contributed by atoms with Gasteiger partial charge in [-0.1, -0.05) is 13.8 Å². The molecule has 0 bridgehead atoms. The molecule has 0 unspecified atom stereocenters. The van der Waals surface area contributed by atoms with Crippen molar-refractivity contribution in [3.8, 4) is 0 Å². The molecular weight excluding hydrogens is 264 g/mol. The maximum Gasteiger partial charge on any atom is 0.333 e. The molecule has 2 heterocycles. The van der Waals surface area contributed by atoms with E-state index in [1.54, 1.807) is 12.3 Å². The van der Waals surface area contributed by atoms with Crippen LogP contribution in [0, 0.1) is 5.92 Å². The molecule has 0 spiro atoms. The lowest BCUT2D eigenvalue weighted by Crippen LogP contribution is -2.18. The molecule has 0 fully saturated rings. The number of hydrogen-bond donors (Lipinski definition) is 1. The van der Waals surface area contributed by atoms with Crippen LogP contribution >= 0.6 is 0 Å². The van der Waals surface area contributed by atoms with Gasteiger partial charge in [-0.2, -0.15) is 19.0 Å². The van der Waals surface area contributed by atoms with E-state index in [0.29, 0.717) is 29.4 Å². The summed E-state index contributed by atoms with van der Waals surface area (Å²) in [5, 5.41) is 11.2. The summed E-state index contributed by atoms with van der Waals surface area (Å²) in [6.07, 6.45) is 3.05. The fourth-order valence-corrected chi connectivity index (χ4v) is 1.92. The first-order valence-electron chi connectivity index (χ1n) is 6.60. The van der Waals surface area contributed by atoms with Gasteiger partial charge in [0.25, 0.3) is 0 Å². The SMILES string of the molecule is CC(C)Cn1nccc1CNCc1ccn(C(F)F)n1. The van der Waals surface area contributed by atoms with Gasteiger partial charge in [0.15, 0.2) is 0 Å². The van der Waals surface area contributed by atoms with E-state index < -0.39 is 6.55 Å². The Hall–Kier alpha value is -1.76. The topological polar surface area (TPSA) is 47.7 Å². The van der Waals surface area contributed by atoms with Gasteiger partial charge < -0.3 is 5.32 Å². The molecule has 1 N–H and O–H groups in total. The number of alkyl halides is 2. The van der Waals surface area contributed by atoms with Crippen LogP contribution in [0.5, 0.6) is 0 Å². The van der Waals surface area contributed by atoms with Crippen LogP contribution in [-0.4, -0.2) is 19.6 Å². The van der Waals surface area contributed by atoms with Crippen molar-refractivity contribution in [2.75, 3.05) is 0 Å². The van der Waals surface area contributed by atoms with E-state index in [1.807, 2.05) is 10.7 Å². The van der Waals surface area contributed by atoms with Gasteiger partial charge in [0.05, 0.1) is 11.4 Å². The van der Waals surface area contributed by atoms with Crippen LogP contribution < -0.4 is 5.32 Å². The second-order valence-corrected chi connectivity index (χ2v) is 5.07. The predicted octanol–water partition coefficient (Wildman–Crippen LogP) is 2.42. The first kappa shape index (κ1) is 14.6. The number of aromatic nitrogens is 4. The first-order chi connectivity index (χ1) is 9.56. The van der Waals surface area contributed by atoms with E-state index in [2.05, 4.69) is 29.4 Å². The molecule has 0 atom stereocenters. The summed E-state index contributed by atoms with van der Waals surface area (Å²) in [5.41, 5.74) is 1.67. The van der Waals surface area contributed by atoms with Crippen molar-refractivity contribution in [2.24, 2.45) is 5.92 Å². The van der Waals surface area contributed by atoms with Crippen molar-refractivity contribution in [2.45, 2.75) is 40.0 Å². The van der Waals surface area contributed by atoms with Gasteiger partial charge in [0.2, 0.25) is 0 Å². The monoisotopic (exact) mass is 283 g/mol. The van der Waals surface area contributed by atoms with Crippen molar-refractivity contribution >= 4 is 0 Å².